The lowest BCUT2D eigenvalue weighted by Gasteiger charge is -2.34. The highest BCUT2D eigenvalue weighted by molar-refractivity contribution is 5.95. The number of benzene rings is 1. The van der Waals surface area contributed by atoms with E-state index in [2.05, 4.69) is 0 Å². The van der Waals surface area contributed by atoms with Gasteiger partial charge in [0.15, 0.2) is 17.2 Å². The normalized spacial score (nSPS) is 14.8. The van der Waals surface area contributed by atoms with Crippen LogP contribution in [0.4, 0.5) is 4.79 Å². The molecule has 8 nitrogen and oxygen atoms in total. The molecule has 1 aromatic carbocycles. The summed E-state index contributed by atoms with van der Waals surface area (Å²) in [7, 11) is 0. The molecule has 0 unspecified atom stereocenters. The lowest BCUT2D eigenvalue weighted by molar-refractivity contribution is 0.0570. The SMILES string of the molecule is CCOC(=O)N1CCN(C(=O)c2cc(O)c(O)c(O)c2)CC1. The van der Waals surface area contributed by atoms with Crippen molar-refractivity contribution in [1.29, 1.82) is 0 Å². The van der Waals surface area contributed by atoms with Gasteiger partial charge in [-0.1, -0.05) is 0 Å². The van der Waals surface area contributed by atoms with Crippen LogP contribution in [0.5, 0.6) is 17.2 Å². The average Bonchev–Trinajstić information content (AvgIpc) is 2.51. The Morgan fingerprint density at radius 1 is 1.05 bits per heavy atom. The zero-order valence-electron chi connectivity index (χ0n) is 12.2. The molecular weight excluding hydrogens is 292 g/mol. The molecule has 2 amide bonds. The maximum Gasteiger partial charge on any atom is 0.409 e. The minimum atomic E-state index is -0.663. The number of phenols is 3. The molecule has 120 valence electrons. The van der Waals surface area contributed by atoms with Gasteiger partial charge in [0.1, 0.15) is 0 Å². The first kappa shape index (κ1) is 15.7. The van der Waals surface area contributed by atoms with Gasteiger partial charge >= 0.3 is 6.09 Å². The molecule has 8 heteroatoms. The standard InChI is InChI=1S/C14H18N2O6/c1-2-22-14(21)16-5-3-15(4-6-16)13(20)9-7-10(17)12(19)11(18)8-9/h7-8,17-19H,2-6H2,1H3. The van der Waals surface area contributed by atoms with E-state index in [0.717, 1.165) is 12.1 Å². The van der Waals surface area contributed by atoms with Crippen LogP contribution in [-0.4, -0.2) is 69.9 Å². The Morgan fingerprint density at radius 3 is 2.05 bits per heavy atom. The molecule has 1 aliphatic heterocycles. The number of hydrogen-bond acceptors (Lipinski definition) is 6. The molecular formula is C14H18N2O6. The summed E-state index contributed by atoms with van der Waals surface area (Å²) in [4.78, 5) is 26.9. The third kappa shape index (κ3) is 3.16. The Balaban J connectivity index is 2.02. The predicted molar refractivity (Wildman–Crippen MR) is 75.9 cm³/mol. The summed E-state index contributed by atoms with van der Waals surface area (Å²) in [6.07, 6.45) is -0.408. The second-order valence-electron chi connectivity index (χ2n) is 4.84. The number of carbonyl (C=O) groups is 2. The van der Waals surface area contributed by atoms with Gasteiger partial charge < -0.3 is 29.9 Å². The van der Waals surface area contributed by atoms with Gasteiger partial charge in [-0.15, -0.1) is 0 Å². The Labute approximate surface area is 127 Å². The number of carbonyl (C=O) groups excluding carboxylic acids is 2. The summed E-state index contributed by atoms with van der Waals surface area (Å²) in [6.45, 7) is 3.35. The maximum atomic E-state index is 12.3. The van der Waals surface area contributed by atoms with E-state index < -0.39 is 29.2 Å². The van der Waals surface area contributed by atoms with Crippen molar-refractivity contribution in [1.82, 2.24) is 9.80 Å². The van der Waals surface area contributed by atoms with Crippen molar-refractivity contribution in [2.75, 3.05) is 32.8 Å². The Morgan fingerprint density at radius 2 is 1.55 bits per heavy atom. The van der Waals surface area contributed by atoms with E-state index in [1.807, 2.05) is 0 Å². The van der Waals surface area contributed by atoms with Gasteiger partial charge in [0.25, 0.3) is 5.91 Å². The van der Waals surface area contributed by atoms with Crippen LogP contribution in [0.25, 0.3) is 0 Å². The van der Waals surface area contributed by atoms with Gasteiger partial charge in [0, 0.05) is 31.7 Å². The Kier molecular flexibility index (Phi) is 4.59. The van der Waals surface area contributed by atoms with Crippen LogP contribution in [0.1, 0.15) is 17.3 Å². The Bertz CT molecular complexity index is 558. The third-order valence-electron chi connectivity index (χ3n) is 3.41. The second kappa shape index (κ2) is 6.42. The van der Waals surface area contributed by atoms with Gasteiger partial charge in [-0.25, -0.2) is 4.79 Å². The third-order valence-corrected chi connectivity index (χ3v) is 3.41. The van der Waals surface area contributed by atoms with E-state index in [0.29, 0.717) is 32.8 Å². The van der Waals surface area contributed by atoms with E-state index in [4.69, 9.17) is 4.74 Å². The summed E-state index contributed by atoms with van der Waals surface area (Å²) in [5.74, 6) is -2.18. The van der Waals surface area contributed by atoms with Crippen LogP contribution in [0, 0.1) is 0 Å². The molecule has 3 N–H and O–H groups in total. The molecule has 1 saturated heterocycles. The van der Waals surface area contributed by atoms with Gasteiger partial charge in [-0.05, 0) is 19.1 Å². The van der Waals surface area contributed by atoms with Crippen LogP contribution in [0.15, 0.2) is 12.1 Å². The van der Waals surface area contributed by atoms with Crippen molar-refractivity contribution in [2.45, 2.75) is 6.92 Å². The van der Waals surface area contributed by atoms with Gasteiger partial charge in [0.05, 0.1) is 6.61 Å². The maximum absolute atomic E-state index is 12.3. The number of phenolic OH excluding ortho intramolecular Hbond substituents is 3. The topological polar surface area (TPSA) is 111 Å². The molecule has 1 fully saturated rings. The first-order valence-electron chi connectivity index (χ1n) is 6.90. The van der Waals surface area contributed by atoms with Crippen LogP contribution >= 0.6 is 0 Å². The van der Waals surface area contributed by atoms with E-state index in [1.54, 1.807) is 6.92 Å². The lowest BCUT2D eigenvalue weighted by atomic mass is 10.1. The van der Waals surface area contributed by atoms with Crippen molar-refractivity contribution < 1.29 is 29.6 Å². The van der Waals surface area contributed by atoms with Crippen LogP contribution in [-0.2, 0) is 4.74 Å². The summed E-state index contributed by atoms with van der Waals surface area (Å²) in [6, 6.07) is 2.18. The molecule has 0 radical (unpaired) electrons. The van der Waals surface area contributed by atoms with E-state index >= 15 is 0 Å². The molecule has 1 aromatic rings. The molecule has 1 aliphatic rings. The largest absolute Gasteiger partial charge is 0.504 e. The fourth-order valence-corrected chi connectivity index (χ4v) is 2.22. The highest BCUT2D eigenvalue weighted by Crippen LogP contribution is 2.35. The molecule has 0 spiro atoms. The van der Waals surface area contributed by atoms with Gasteiger partial charge in [0.2, 0.25) is 0 Å². The average molecular weight is 310 g/mol. The number of amides is 2. The molecule has 0 bridgehead atoms. The smallest absolute Gasteiger partial charge is 0.409 e. The highest BCUT2D eigenvalue weighted by atomic mass is 16.6. The molecule has 0 aliphatic carbocycles. The number of hydrogen-bond donors (Lipinski definition) is 3. The number of piperazine rings is 1. The zero-order valence-corrected chi connectivity index (χ0v) is 12.2. The highest BCUT2D eigenvalue weighted by Gasteiger charge is 2.26. The minimum Gasteiger partial charge on any atom is -0.504 e. The number of rotatable bonds is 2. The van der Waals surface area contributed by atoms with E-state index in [9.17, 15) is 24.9 Å². The molecule has 0 aromatic heterocycles. The fourth-order valence-electron chi connectivity index (χ4n) is 2.22. The quantitative estimate of drug-likeness (QED) is 0.694. The molecule has 0 saturated carbocycles. The molecule has 22 heavy (non-hydrogen) atoms. The first-order valence-corrected chi connectivity index (χ1v) is 6.90. The summed E-state index contributed by atoms with van der Waals surface area (Å²) in [5.41, 5.74) is 0.0670. The summed E-state index contributed by atoms with van der Waals surface area (Å²) in [5, 5.41) is 28.2. The van der Waals surface area contributed by atoms with E-state index in [1.165, 1.54) is 9.80 Å². The van der Waals surface area contributed by atoms with Crippen LogP contribution < -0.4 is 0 Å². The van der Waals surface area contributed by atoms with Crippen molar-refractivity contribution in [3.8, 4) is 17.2 Å². The Hall–Kier alpha value is -2.64. The number of aromatic hydroxyl groups is 3. The van der Waals surface area contributed by atoms with Gasteiger partial charge in [-0.2, -0.15) is 0 Å². The summed E-state index contributed by atoms with van der Waals surface area (Å²) >= 11 is 0. The van der Waals surface area contributed by atoms with Crippen molar-refractivity contribution in [2.24, 2.45) is 0 Å². The fraction of sp³-hybridized carbons (Fsp3) is 0.429. The molecule has 2 rings (SSSR count). The lowest BCUT2D eigenvalue weighted by Crippen LogP contribution is -2.50. The van der Waals surface area contributed by atoms with Gasteiger partial charge in [-0.3, -0.25) is 4.79 Å². The second-order valence-corrected chi connectivity index (χ2v) is 4.84. The zero-order chi connectivity index (χ0) is 16.3. The minimum absolute atomic E-state index is 0.0670. The molecule has 0 atom stereocenters. The van der Waals surface area contributed by atoms with Crippen LogP contribution in [0.2, 0.25) is 0 Å². The number of ether oxygens (including phenoxy) is 1. The van der Waals surface area contributed by atoms with Crippen molar-refractivity contribution >= 4 is 12.0 Å². The monoisotopic (exact) mass is 310 g/mol. The molecule has 1 heterocycles. The van der Waals surface area contributed by atoms with Crippen molar-refractivity contribution in [3.05, 3.63) is 17.7 Å². The first-order chi connectivity index (χ1) is 10.4. The van der Waals surface area contributed by atoms with Crippen molar-refractivity contribution in [3.63, 3.8) is 0 Å². The van der Waals surface area contributed by atoms with Crippen LogP contribution in [0.3, 0.4) is 0 Å². The summed E-state index contributed by atoms with van der Waals surface area (Å²) < 4.78 is 4.90. The van der Waals surface area contributed by atoms with E-state index in [-0.39, 0.29) is 5.56 Å². The number of nitrogens with zero attached hydrogens (tertiary/aromatic N) is 2. The predicted octanol–water partition coefficient (Wildman–Crippen LogP) is 0.718.